The Morgan fingerprint density at radius 3 is 2.95 bits per heavy atom. The number of aromatic nitrogens is 2. The first kappa shape index (κ1) is 13.7. The van der Waals surface area contributed by atoms with E-state index in [0.717, 1.165) is 10.9 Å². The molecule has 2 aromatic heterocycles. The fourth-order valence-electron chi connectivity index (χ4n) is 2.21. The summed E-state index contributed by atoms with van der Waals surface area (Å²) in [7, 11) is 0. The Bertz CT molecular complexity index is 912. The molecule has 0 bridgehead atoms. The second kappa shape index (κ2) is 5.62. The van der Waals surface area contributed by atoms with Crippen LogP contribution in [0.25, 0.3) is 10.9 Å². The molecular weight excluding hydrogens is 276 g/mol. The van der Waals surface area contributed by atoms with Crippen molar-refractivity contribution in [2.75, 3.05) is 5.32 Å². The topological polar surface area (TPSA) is 78.7 Å². The van der Waals surface area contributed by atoms with Crippen LogP contribution >= 0.6 is 0 Å². The number of pyridine rings is 2. The van der Waals surface area contributed by atoms with E-state index in [-0.39, 0.29) is 5.91 Å². The molecule has 1 amide bonds. The Morgan fingerprint density at radius 1 is 1.27 bits per heavy atom. The summed E-state index contributed by atoms with van der Waals surface area (Å²) in [5.74, 6) is -0.258. The SMILES string of the molecule is Cc1nc2ccncc2cc1C(=O)Nc1cccc(C#N)c1. The summed E-state index contributed by atoms with van der Waals surface area (Å²) in [4.78, 5) is 20.9. The number of nitrogens with zero attached hydrogens (tertiary/aromatic N) is 3. The monoisotopic (exact) mass is 288 g/mol. The molecule has 3 rings (SSSR count). The summed E-state index contributed by atoms with van der Waals surface area (Å²) >= 11 is 0. The molecule has 0 unspecified atom stereocenters. The van der Waals surface area contributed by atoms with Crippen LogP contribution in [0.2, 0.25) is 0 Å². The van der Waals surface area contributed by atoms with E-state index in [4.69, 9.17) is 5.26 Å². The van der Waals surface area contributed by atoms with Gasteiger partial charge >= 0.3 is 0 Å². The van der Waals surface area contributed by atoms with Gasteiger partial charge in [0.25, 0.3) is 5.91 Å². The molecule has 0 spiro atoms. The molecule has 2 heterocycles. The smallest absolute Gasteiger partial charge is 0.257 e. The minimum atomic E-state index is -0.258. The summed E-state index contributed by atoms with van der Waals surface area (Å²) in [6.07, 6.45) is 3.34. The van der Waals surface area contributed by atoms with E-state index in [1.807, 2.05) is 6.07 Å². The van der Waals surface area contributed by atoms with Gasteiger partial charge in [-0.25, -0.2) is 0 Å². The highest BCUT2D eigenvalue weighted by Crippen LogP contribution is 2.17. The van der Waals surface area contributed by atoms with Crippen LogP contribution in [-0.2, 0) is 0 Å². The maximum atomic E-state index is 12.4. The van der Waals surface area contributed by atoms with Crippen LogP contribution < -0.4 is 5.32 Å². The molecule has 0 aliphatic rings. The number of rotatable bonds is 2. The maximum absolute atomic E-state index is 12.4. The van der Waals surface area contributed by atoms with Gasteiger partial charge in [0.2, 0.25) is 0 Å². The normalized spacial score (nSPS) is 10.2. The van der Waals surface area contributed by atoms with Crippen molar-refractivity contribution in [1.82, 2.24) is 9.97 Å². The van der Waals surface area contributed by atoms with Crippen molar-refractivity contribution in [3.8, 4) is 6.07 Å². The van der Waals surface area contributed by atoms with Gasteiger partial charge < -0.3 is 5.32 Å². The Balaban J connectivity index is 1.95. The van der Waals surface area contributed by atoms with Gasteiger partial charge in [0, 0.05) is 23.5 Å². The van der Waals surface area contributed by atoms with Gasteiger partial charge in [-0.3, -0.25) is 14.8 Å². The average Bonchev–Trinajstić information content (AvgIpc) is 2.54. The van der Waals surface area contributed by atoms with Crippen molar-refractivity contribution in [1.29, 1.82) is 5.26 Å². The summed E-state index contributed by atoms with van der Waals surface area (Å²) in [5.41, 5.74) is 3.01. The molecule has 5 heteroatoms. The molecule has 0 atom stereocenters. The minimum absolute atomic E-state index is 0.258. The molecule has 0 radical (unpaired) electrons. The van der Waals surface area contributed by atoms with E-state index in [1.54, 1.807) is 55.7 Å². The van der Waals surface area contributed by atoms with Crippen molar-refractivity contribution >= 4 is 22.5 Å². The van der Waals surface area contributed by atoms with Gasteiger partial charge in [-0.2, -0.15) is 5.26 Å². The highest BCUT2D eigenvalue weighted by molar-refractivity contribution is 6.06. The number of hydrogen-bond acceptors (Lipinski definition) is 4. The third-order valence-electron chi connectivity index (χ3n) is 3.30. The van der Waals surface area contributed by atoms with Gasteiger partial charge in [-0.05, 0) is 37.3 Å². The third kappa shape index (κ3) is 2.63. The van der Waals surface area contributed by atoms with Crippen molar-refractivity contribution in [3.63, 3.8) is 0 Å². The number of benzene rings is 1. The maximum Gasteiger partial charge on any atom is 0.257 e. The van der Waals surface area contributed by atoms with Crippen LogP contribution in [0.15, 0.2) is 48.8 Å². The number of nitrogens with one attached hydrogen (secondary N) is 1. The molecule has 0 aliphatic heterocycles. The van der Waals surface area contributed by atoms with E-state index in [2.05, 4.69) is 15.3 Å². The second-order valence-electron chi connectivity index (χ2n) is 4.84. The van der Waals surface area contributed by atoms with E-state index < -0.39 is 0 Å². The first-order valence-electron chi connectivity index (χ1n) is 6.70. The highest BCUT2D eigenvalue weighted by atomic mass is 16.1. The summed E-state index contributed by atoms with van der Waals surface area (Å²) in [5, 5.41) is 12.5. The number of nitriles is 1. The predicted octanol–water partition coefficient (Wildman–Crippen LogP) is 3.06. The molecule has 3 aromatic rings. The van der Waals surface area contributed by atoms with E-state index in [9.17, 15) is 4.79 Å². The van der Waals surface area contributed by atoms with Gasteiger partial charge in [0.15, 0.2) is 0 Å². The number of aryl methyl sites for hydroxylation is 1. The lowest BCUT2D eigenvalue weighted by Crippen LogP contribution is -2.14. The fraction of sp³-hybridized carbons (Fsp3) is 0.0588. The van der Waals surface area contributed by atoms with Crippen molar-refractivity contribution in [2.24, 2.45) is 0 Å². The van der Waals surface area contributed by atoms with Crippen molar-refractivity contribution < 1.29 is 4.79 Å². The molecule has 1 N–H and O–H groups in total. The van der Waals surface area contributed by atoms with Crippen LogP contribution in [0.4, 0.5) is 5.69 Å². The Morgan fingerprint density at radius 2 is 2.14 bits per heavy atom. The molecule has 1 aromatic carbocycles. The van der Waals surface area contributed by atoms with Gasteiger partial charge in [-0.15, -0.1) is 0 Å². The molecule has 5 nitrogen and oxygen atoms in total. The van der Waals surface area contributed by atoms with Crippen LogP contribution in [0, 0.1) is 18.3 Å². The lowest BCUT2D eigenvalue weighted by molar-refractivity contribution is 0.102. The van der Waals surface area contributed by atoms with Crippen molar-refractivity contribution in [3.05, 3.63) is 65.6 Å². The van der Waals surface area contributed by atoms with Gasteiger partial charge in [0.1, 0.15) is 0 Å². The average molecular weight is 288 g/mol. The summed E-state index contributed by atoms with van der Waals surface area (Å²) in [6, 6.07) is 12.4. The number of hydrogen-bond donors (Lipinski definition) is 1. The van der Waals surface area contributed by atoms with E-state index in [0.29, 0.717) is 22.5 Å². The molecule has 22 heavy (non-hydrogen) atoms. The molecule has 106 valence electrons. The van der Waals surface area contributed by atoms with Crippen molar-refractivity contribution in [2.45, 2.75) is 6.92 Å². The first-order valence-corrected chi connectivity index (χ1v) is 6.70. The predicted molar refractivity (Wildman–Crippen MR) is 83.4 cm³/mol. The standard InChI is InChI=1S/C17H12N4O/c1-11-15(8-13-10-19-6-5-16(13)20-11)17(22)21-14-4-2-3-12(7-14)9-18/h2-8,10H,1H3,(H,21,22). The lowest BCUT2D eigenvalue weighted by atomic mass is 10.1. The first-order chi connectivity index (χ1) is 10.7. The van der Waals surface area contributed by atoms with E-state index >= 15 is 0 Å². The zero-order valence-corrected chi connectivity index (χ0v) is 11.9. The Kier molecular flexibility index (Phi) is 3.50. The number of amides is 1. The van der Waals surface area contributed by atoms with Crippen LogP contribution in [0.3, 0.4) is 0 Å². The molecular formula is C17H12N4O. The second-order valence-corrected chi connectivity index (χ2v) is 4.84. The fourth-order valence-corrected chi connectivity index (χ4v) is 2.21. The van der Waals surface area contributed by atoms with Crippen LogP contribution in [0.1, 0.15) is 21.6 Å². The summed E-state index contributed by atoms with van der Waals surface area (Å²) in [6.45, 7) is 1.79. The van der Waals surface area contributed by atoms with E-state index in [1.165, 1.54) is 0 Å². The van der Waals surface area contributed by atoms with Gasteiger partial charge in [0.05, 0.1) is 28.4 Å². The number of carbonyl (C=O) groups is 1. The minimum Gasteiger partial charge on any atom is -0.322 e. The number of fused-ring (bicyclic) bond motifs is 1. The number of carbonyl (C=O) groups excluding carboxylic acids is 1. The highest BCUT2D eigenvalue weighted by Gasteiger charge is 2.12. The van der Waals surface area contributed by atoms with Crippen LogP contribution in [0.5, 0.6) is 0 Å². The van der Waals surface area contributed by atoms with Gasteiger partial charge in [-0.1, -0.05) is 6.07 Å². The largest absolute Gasteiger partial charge is 0.322 e. The molecule has 0 saturated carbocycles. The lowest BCUT2D eigenvalue weighted by Gasteiger charge is -2.08. The Hall–Kier alpha value is -3.26. The zero-order chi connectivity index (χ0) is 15.5. The van der Waals surface area contributed by atoms with Crippen LogP contribution in [-0.4, -0.2) is 15.9 Å². The quantitative estimate of drug-likeness (QED) is 0.786. The Labute approximate surface area is 127 Å². The summed E-state index contributed by atoms with van der Waals surface area (Å²) < 4.78 is 0. The molecule has 0 fully saturated rings. The molecule has 0 aliphatic carbocycles. The zero-order valence-electron chi connectivity index (χ0n) is 11.9. The third-order valence-corrected chi connectivity index (χ3v) is 3.30. The number of anilines is 1. The molecule has 0 saturated heterocycles.